The van der Waals surface area contributed by atoms with Crippen LogP contribution in [-0.4, -0.2) is 29.3 Å². The second kappa shape index (κ2) is 6.54. The van der Waals surface area contributed by atoms with Crippen LogP contribution in [0.15, 0.2) is 30.5 Å². The molecule has 0 saturated carbocycles. The van der Waals surface area contributed by atoms with E-state index in [-0.39, 0.29) is 5.91 Å². The molecular formula is C14H17ClN4O. The standard InChI is InChI=1S/C14H17ClN4O/c1-3-17-9-10-8-11(15)4-5-13(10)19-7-6-12(18-19)14(20)16-2/h4-8,17H,3,9H2,1-2H3,(H,16,20). The van der Waals surface area contributed by atoms with E-state index in [2.05, 4.69) is 15.7 Å². The van der Waals surface area contributed by atoms with E-state index >= 15 is 0 Å². The zero-order valence-electron chi connectivity index (χ0n) is 11.5. The Balaban J connectivity index is 2.36. The van der Waals surface area contributed by atoms with Crippen LogP contribution in [0.25, 0.3) is 5.69 Å². The summed E-state index contributed by atoms with van der Waals surface area (Å²) in [4.78, 5) is 11.5. The number of benzene rings is 1. The molecule has 20 heavy (non-hydrogen) atoms. The molecule has 6 heteroatoms. The Hall–Kier alpha value is -1.85. The molecule has 2 aromatic rings. The summed E-state index contributed by atoms with van der Waals surface area (Å²) < 4.78 is 1.69. The van der Waals surface area contributed by atoms with E-state index in [1.807, 2.05) is 25.1 Å². The number of hydrogen-bond acceptors (Lipinski definition) is 3. The number of carbonyl (C=O) groups excluding carboxylic acids is 1. The fourth-order valence-electron chi connectivity index (χ4n) is 1.89. The van der Waals surface area contributed by atoms with Gasteiger partial charge in [-0.25, -0.2) is 4.68 Å². The normalized spacial score (nSPS) is 10.6. The van der Waals surface area contributed by atoms with Crippen molar-refractivity contribution in [1.29, 1.82) is 0 Å². The fourth-order valence-corrected chi connectivity index (χ4v) is 2.08. The van der Waals surface area contributed by atoms with Crippen molar-refractivity contribution in [3.63, 3.8) is 0 Å². The minimum absolute atomic E-state index is 0.203. The van der Waals surface area contributed by atoms with Crippen LogP contribution in [0.3, 0.4) is 0 Å². The molecule has 0 radical (unpaired) electrons. The second-order valence-corrected chi connectivity index (χ2v) is 4.71. The Kier molecular flexibility index (Phi) is 4.76. The highest BCUT2D eigenvalue weighted by Gasteiger charge is 2.10. The van der Waals surface area contributed by atoms with Crippen LogP contribution in [0.2, 0.25) is 5.02 Å². The summed E-state index contributed by atoms with van der Waals surface area (Å²) in [7, 11) is 1.58. The third-order valence-corrected chi connectivity index (χ3v) is 3.14. The Morgan fingerprint density at radius 1 is 1.40 bits per heavy atom. The monoisotopic (exact) mass is 292 g/mol. The van der Waals surface area contributed by atoms with Crippen LogP contribution < -0.4 is 10.6 Å². The van der Waals surface area contributed by atoms with Crippen LogP contribution in [0.4, 0.5) is 0 Å². The fraction of sp³-hybridized carbons (Fsp3) is 0.286. The average Bonchev–Trinajstić information content (AvgIpc) is 2.94. The molecule has 0 aliphatic rings. The molecule has 0 aliphatic heterocycles. The predicted octanol–water partition coefficient (Wildman–Crippen LogP) is 1.99. The molecule has 2 N–H and O–H groups in total. The highest BCUT2D eigenvalue weighted by molar-refractivity contribution is 6.30. The van der Waals surface area contributed by atoms with E-state index in [0.717, 1.165) is 17.8 Å². The van der Waals surface area contributed by atoms with Crippen molar-refractivity contribution >= 4 is 17.5 Å². The Bertz CT molecular complexity index is 609. The average molecular weight is 293 g/mol. The summed E-state index contributed by atoms with van der Waals surface area (Å²) in [5.41, 5.74) is 2.33. The van der Waals surface area contributed by atoms with E-state index in [4.69, 9.17) is 11.6 Å². The third kappa shape index (κ3) is 3.18. The molecule has 0 saturated heterocycles. The summed E-state index contributed by atoms with van der Waals surface area (Å²) in [5.74, 6) is -0.203. The van der Waals surface area contributed by atoms with E-state index < -0.39 is 0 Å². The number of nitrogens with one attached hydrogen (secondary N) is 2. The molecule has 0 spiro atoms. The van der Waals surface area contributed by atoms with E-state index in [0.29, 0.717) is 17.3 Å². The summed E-state index contributed by atoms with van der Waals surface area (Å²) in [5, 5.41) is 10.8. The van der Waals surface area contributed by atoms with Gasteiger partial charge in [0.05, 0.1) is 5.69 Å². The number of halogens is 1. The Labute approximate surface area is 122 Å². The first kappa shape index (κ1) is 14.6. The van der Waals surface area contributed by atoms with Gasteiger partial charge in [0.2, 0.25) is 0 Å². The van der Waals surface area contributed by atoms with Crippen molar-refractivity contribution in [2.75, 3.05) is 13.6 Å². The maximum Gasteiger partial charge on any atom is 0.271 e. The van der Waals surface area contributed by atoms with Crippen molar-refractivity contribution in [2.45, 2.75) is 13.5 Å². The lowest BCUT2D eigenvalue weighted by Crippen LogP contribution is -2.19. The summed E-state index contributed by atoms with van der Waals surface area (Å²) in [6.07, 6.45) is 1.77. The first-order valence-corrected chi connectivity index (χ1v) is 6.80. The third-order valence-electron chi connectivity index (χ3n) is 2.90. The van der Waals surface area contributed by atoms with Crippen LogP contribution in [-0.2, 0) is 6.54 Å². The van der Waals surface area contributed by atoms with Gasteiger partial charge in [-0.15, -0.1) is 0 Å². The number of amides is 1. The van der Waals surface area contributed by atoms with Crippen molar-refractivity contribution in [3.8, 4) is 5.69 Å². The molecule has 1 aromatic heterocycles. The van der Waals surface area contributed by atoms with Gasteiger partial charge in [0.15, 0.2) is 5.69 Å². The van der Waals surface area contributed by atoms with Gasteiger partial charge < -0.3 is 10.6 Å². The van der Waals surface area contributed by atoms with Crippen LogP contribution in [0.1, 0.15) is 23.0 Å². The lowest BCUT2D eigenvalue weighted by atomic mass is 10.2. The topological polar surface area (TPSA) is 59.0 Å². The van der Waals surface area contributed by atoms with Crippen LogP contribution in [0, 0.1) is 0 Å². The zero-order chi connectivity index (χ0) is 14.5. The van der Waals surface area contributed by atoms with Gasteiger partial charge >= 0.3 is 0 Å². The van der Waals surface area contributed by atoms with E-state index in [1.54, 1.807) is 24.0 Å². The van der Waals surface area contributed by atoms with Gasteiger partial charge in [0, 0.05) is 24.8 Å². The minimum Gasteiger partial charge on any atom is -0.354 e. The molecule has 0 fully saturated rings. The van der Waals surface area contributed by atoms with Gasteiger partial charge in [-0.1, -0.05) is 18.5 Å². The smallest absolute Gasteiger partial charge is 0.271 e. The number of nitrogens with zero attached hydrogens (tertiary/aromatic N) is 2. The van der Waals surface area contributed by atoms with Crippen LogP contribution >= 0.6 is 11.6 Å². The quantitative estimate of drug-likeness (QED) is 0.886. The zero-order valence-corrected chi connectivity index (χ0v) is 12.2. The van der Waals surface area contributed by atoms with Gasteiger partial charge in [0.1, 0.15) is 0 Å². The van der Waals surface area contributed by atoms with Gasteiger partial charge in [-0.2, -0.15) is 5.10 Å². The summed E-state index contributed by atoms with van der Waals surface area (Å²) in [6, 6.07) is 7.30. The molecule has 106 valence electrons. The van der Waals surface area contributed by atoms with Gasteiger partial charge in [0.25, 0.3) is 5.91 Å². The highest BCUT2D eigenvalue weighted by atomic mass is 35.5. The molecule has 1 aromatic carbocycles. The Morgan fingerprint density at radius 2 is 2.20 bits per heavy atom. The molecule has 5 nitrogen and oxygen atoms in total. The minimum atomic E-state index is -0.203. The number of aromatic nitrogens is 2. The lowest BCUT2D eigenvalue weighted by Gasteiger charge is -2.10. The molecule has 1 amide bonds. The number of hydrogen-bond donors (Lipinski definition) is 2. The Morgan fingerprint density at radius 3 is 2.90 bits per heavy atom. The largest absolute Gasteiger partial charge is 0.354 e. The number of rotatable bonds is 5. The van der Waals surface area contributed by atoms with Crippen molar-refractivity contribution in [1.82, 2.24) is 20.4 Å². The van der Waals surface area contributed by atoms with Gasteiger partial charge in [-0.05, 0) is 36.4 Å². The van der Waals surface area contributed by atoms with Crippen LogP contribution in [0.5, 0.6) is 0 Å². The SMILES string of the molecule is CCNCc1cc(Cl)ccc1-n1ccc(C(=O)NC)n1. The molecule has 0 bridgehead atoms. The summed E-state index contributed by atoms with van der Waals surface area (Å²) in [6.45, 7) is 3.61. The maximum absolute atomic E-state index is 11.5. The molecule has 1 heterocycles. The molecule has 0 unspecified atom stereocenters. The van der Waals surface area contributed by atoms with Crippen molar-refractivity contribution in [2.24, 2.45) is 0 Å². The predicted molar refractivity (Wildman–Crippen MR) is 79.3 cm³/mol. The molecule has 2 rings (SSSR count). The lowest BCUT2D eigenvalue weighted by molar-refractivity contribution is 0.0957. The molecular weight excluding hydrogens is 276 g/mol. The number of carbonyl (C=O) groups is 1. The molecule has 0 aliphatic carbocycles. The van der Waals surface area contributed by atoms with Crippen molar-refractivity contribution in [3.05, 3.63) is 46.7 Å². The molecule has 0 atom stereocenters. The summed E-state index contributed by atoms with van der Waals surface area (Å²) >= 11 is 6.04. The van der Waals surface area contributed by atoms with Gasteiger partial charge in [-0.3, -0.25) is 4.79 Å². The van der Waals surface area contributed by atoms with E-state index in [9.17, 15) is 4.79 Å². The van der Waals surface area contributed by atoms with E-state index in [1.165, 1.54) is 0 Å². The first-order chi connectivity index (χ1) is 9.65. The maximum atomic E-state index is 11.5. The first-order valence-electron chi connectivity index (χ1n) is 6.43. The highest BCUT2D eigenvalue weighted by Crippen LogP contribution is 2.19. The van der Waals surface area contributed by atoms with Crippen molar-refractivity contribution < 1.29 is 4.79 Å². The second-order valence-electron chi connectivity index (χ2n) is 4.28.